The average molecular weight is 344 g/mol. The second-order valence-corrected chi connectivity index (χ2v) is 6.00. The van der Waals surface area contributed by atoms with Gasteiger partial charge in [-0.05, 0) is 66.5 Å². The van der Waals surface area contributed by atoms with E-state index in [1.807, 2.05) is 6.07 Å². The van der Waals surface area contributed by atoms with Crippen LogP contribution >= 0.6 is 22.6 Å². The smallest absolute Gasteiger partial charge is 0.0505 e. The Morgan fingerprint density at radius 1 is 1.41 bits per heavy atom. The zero-order valence-corrected chi connectivity index (χ0v) is 12.6. The maximum Gasteiger partial charge on any atom is 0.0505 e. The van der Waals surface area contributed by atoms with Crippen molar-refractivity contribution in [1.29, 1.82) is 0 Å². The van der Waals surface area contributed by atoms with Crippen LogP contribution in [0.3, 0.4) is 0 Å². The Morgan fingerprint density at radius 2 is 2.24 bits per heavy atom. The van der Waals surface area contributed by atoms with Crippen molar-refractivity contribution in [2.24, 2.45) is 0 Å². The molecule has 17 heavy (non-hydrogen) atoms. The predicted molar refractivity (Wildman–Crippen MR) is 83.5 cm³/mol. The third kappa shape index (κ3) is 3.06. The largest absolute Gasteiger partial charge is 0.399 e. The average Bonchev–Trinajstić information content (AvgIpc) is 2.31. The standard InChI is InChI=1S/C14H21IN2/c1-2-5-12-6-3-4-9-17(12)14-8-7-11(16)10-13(14)15/h7-8,10,12H,2-6,9,16H2,1H3. The van der Waals surface area contributed by atoms with E-state index in [0.717, 1.165) is 11.7 Å². The Balaban J connectivity index is 2.23. The molecule has 0 amide bonds. The van der Waals surface area contributed by atoms with Crippen molar-refractivity contribution in [3.05, 3.63) is 21.8 Å². The van der Waals surface area contributed by atoms with Gasteiger partial charge in [-0.3, -0.25) is 0 Å². The highest BCUT2D eigenvalue weighted by atomic mass is 127. The third-order valence-corrected chi connectivity index (χ3v) is 4.39. The number of piperidine rings is 1. The molecule has 1 saturated heterocycles. The van der Waals surface area contributed by atoms with Gasteiger partial charge in [0.1, 0.15) is 0 Å². The molecule has 1 atom stereocenters. The van der Waals surface area contributed by atoms with Crippen molar-refractivity contribution in [2.75, 3.05) is 17.2 Å². The van der Waals surface area contributed by atoms with E-state index in [1.54, 1.807) is 0 Å². The van der Waals surface area contributed by atoms with Gasteiger partial charge in [-0.1, -0.05) is 13.3 Å². The van der Waals surface area contributed by atoms with E-state index in [1.165, 1.54) is 47.9 Å². The molecular formula is C14H21IN2. The zero-order valence-electron chi connectivity index (χ0n) is 10.5. The monoisotopic (exact) mass is 344 g/mol. The molecule has 0 bridgehead atoms. The molecule has 1 aromatic rings. The molecule has 0 aliphatic carbocycles. The van der Waals surface area contributed by atoms with Crippen LogP contribution in [0.1, 0.15) is 39.0 Å². The highest BCUT2D eigenvalue weighted by molar-refractivity contribution is 14.1. The van der Waals surface area contributed by atoms with E-state index >= 15 is 0 Å². The maximum atomic E-state index is 5.83. The van der Waals surface area contributed by atoms with Gasteiger partial charge in [0.05, 0.1) is 5.69 Å². The molecule has 0 aromatic heterocycles. The number of nitrogens with zero attached hydrogens (tertiary/aromatic N) is 1. The number of hydrogen-bond acceptors (Lipinski definition) is 2. The van der Waals surface area contributed by atoms with Gasteiger partial charge < -0.3 is 10.6 Å². The first-order chi connectivity index (χ1) is 8.22. The lowest BCUT2D eigenvalue weighted by Gasteiger charge is -2.38. The highest BCUT2D eigenvalue weighted by Gasteiger charge is 2.23. The second kappa shape index (κ2) is 5.94. The summed E-state index contributed by atoms with van der Waals surface area (Å²) in [6, 6.07) is 7.01. The highest BCUT2D eigenvalue weighted by Crippen LogP contribution is 2.31. The summed E-state index contributed by atoms with van der Waals surface area (Å²) in [6.07, 6.45) is 6.62. The molecule has 94 valence electrons. The number of nitrogens with two attached hydrogens (primary N) is 1. The fourth-order valence-electron chi connectivity index (χ4n) is 2.71. The number of hydrogen-bond donors (Lipinski definition) is 1. The molecule has 0 saturated carbocycles. The molecule has 2 N–H and O–H groups in total. The van der Waals surface area contributed by atoms with Crippen LogP contribution in [0, 0.1) is 3.57 Å². The summed E-state index contributed by atoms with van der Waals surface area (Å²) in [4.78, 5) is 2.59. The number of benzene rings is 1. The molecule has 2 rings (SSSR count). The van der Waals surface area contributed by atoms with Gasteiger partial charge in [0.15, 0.2) is 0 Å². The molecule has 0 radical (unpaired) electrons. The van der Waals surface area contributed by atoms with Gasteiger partial charge in [-0.15, -0.1) is 0 Å². The number of rotatable bonds is 3. The lowest BCUT2D eigenvalue weighted by molar-refractivity contribution is 0.434. The molecule has 0 spiro atoms. The Kier molecular flexibility index (Phi) is 4.54. The quantitative estimate of drug-likeness (QED) is 0.663. The van der Waals surface area contributed by atoms with Crippen LogP contribution in [0.2, 0.25) is 0 Å². The van der Waals surface area contributed by atoms with Gasteiger partial charge in [-0.25, -0.2) is 0 Å². The van der Waals surface area contributed by atoms with Crippen LogP contribution in [0.4, 0.5) is 11.4 Å². The molecule has 1 aliphatic rings. The predicted octanol–water partition coefficient (Wildman–Crippen LogP) is 4.03. The maximum absolute atomic E-state index is 5.83. The number of nitrogen functional groups attached to an aromatic ring is 1. The summed E-state index contributed by atoms with van der Waals surface area (Å²) in [5, 5.41) is 0. The van der Waals surface area contributed by atoms with Gasteiger partial charge >= 0.3 is 0 Å². The molecule has 1 aliphatic heterocycles. The topological polar surface area (TPSA) is 29.3 Å². The number of anilines is 2. The lowest BCUT2D eigenvalue weighted by Crippen LogP contribution is -2.39. The van der Waals surface area contributed by atoms with E-state index < -0.39 is 0 Å². The minimum Gasteiger partial charge on any atom is -0.399 e. The van der Waals surface area contributed by atoms with Crippen molar-refractivity contribution in [2.45, 2.75) is 45.1 Å². The Bertz CT molecular complexity index is 376. The van der Waals surface area contributed by atoms with Gasteiger partial charge in [0.25, 0.3) is 0 Å². The van der Waals surface area contributed by atoms with E-state index in [2.05, 4.69) is 46.5 Å². The van der Waals surface area contributed by atoms with Crippen LogP contribution in [-0.4, -0.2) is 12.6 Å². The first-order valence-electron chi connectivity index (χ1n) is 6.54. The Hall–Kier alpha value is -0.450. The molecule has 1 heterocycles. The Morgan fingerprint density at radius 3 is 2.94 bits per heavy atom. The van der Waals surface area contributed by atoms with E-state index in [9.17, 15) is 0 Å². The van der Waals surface area contributed by atoms with Crippen molar-refractivity contribution in [3.63, 3.8) is 0 Å². The van der Waals surface area contributed by atoms with Crippen LogP contribution in [0.25, 0.3) is 0 Å². The molecule has 2 nitrogen and oxygen atoms in total. The third-order valence-electron chi connectivity index (χ3n) is 3.53. The van der Waals surface area contributed by atoms with Gasteiger partial charge in [0, 0.05) is 21.8 Å². The fraction of sp³-hybridized carbons (Fsp3) is 0.571. The molecule has 1 fully saturated rings. The van der Waals surface area contributed by atoms with Gasteiger partial charge in [-0.2, -0.15) is 0 Å². The van der Waals surface area contributed by atoms with Crippen LogP contribution < -0.4 is 10.6 Å². The van der Waals surface area contributed by atoms with Crippen LogP contribution in [0.15, 0.2) is 18.2 Å². The summed E-state index contributed by atoms with van der Waals surface area (Å²) in [5.41, 5.74) is 8.06. The second-order valence-electron chi connectivity index (χ2n) is 4.84. The minimum atomic E-state index is 0.728. The van der Waals surface area contributed by atoms with E-state index in [0.29, 0.717) is 0 Å². The molecule has 1 unspecified atom stereocenters. The normalized spacial score (nSPS) is 20.6. The Labute approximate surface area is 118 Å². The molecular weight excluding hydrogens is 323 g/mol. The fourth-order valence-corrected chi connectivity index (χ4v) is 3.56. The molecule has 1 aromatic carbocycles. The van der Waals surface area contributed by atoms with Crippen molar-refractivity contribution in [1.82, 2.24) is 0 Å². The van der Waals surface area contributed by atoms with Crippen molar-refractivity contribution in [3.8, 4) is 0 Å². The minimum absolute atomic E-state index is 0.728. The summed E-state index contributed by atoms with van der Waals surface area (Å²) < 4.78 is 1.28. The summed E-state index contributed by atoms with van der Waals surface area (Å²) in [5.74, 6) is 0. The van der Waals surface area contributed by atoms with Crippen molar-refractivity contribution >= 4 is 34.0 Å². The summed E-state index contributed by atoms with van der Waals surface area (Å²) in [7, 11) is 0. The lowest BCUT2D eigenvalue weighted by atomic mass is 9.97. The van der Waals surface area contributed by atoms with Crippen molar-refractivity contribution < 1.29 is 0 Å². The van der Waals surface area contributed by atoms with E-state index in [4.69, 9.17) is 5.73 Å². The zero-order chi connectivity index (χ0) is 12.3. The first-order valence-corrected chi connectivity index (χ1v) is 7.62. The SMILES string of the molecule is CCCC1CCCCN1c1ccc(N)cc1I. The van der Waals surface area contributed by atoms with E-state index in [-0.39, 0.29) is 0 Å². The van der Waals surface area contributed by atoms with Crippen LogP contribution in [0.5, 0.6) is 0 Å². The summed E-state index contributed by atoms with van der Waals surface area (Å²) >= 11 is 2.41. The number of halogens is 1. The van der Waals surface area contributed by atoms with Gasteiger partial charge in [0.2, 0.25) is 0 Å². The van der Waals surface area contributed by atoms with Crippen LogP contribution in [-0.2, 0) is 0 Å². The first kappa shape index (κ1) is 13.0. The molecule has 3 heteroatoms. The summed E-state index contributed by atoms with van der Waals surface area (Å²) in [6.45, 7) is 3.48.